The van der Waals surface area contributed by atoms with E-state index in [1.807, 2.05) is 54.6 Å². The van der Waals surface area contributed by atoms with Gasteiger partial charge in [-0.05, 0) is 123 Å². The van der Waals surface area contributed by atoms with Gasteiger partial charge in [-0.15, -0.1) is 5.10 Å². The smallest absolute Gasteiger partial charge is 0.329 e. The summed E-state index contributed by atoms with van der Waals surface area (Å²) in [6, 6.07) is 19.4. The van der Waals surface area contributed by atoms with Crippen molar-refractivity contribution in [3.05, 3.63) is 113 Å². The number of aromatic nitrogens is 3. The monoisotopic (exact) mass is 1260 g/mol. The first-order chi connectivity index (χ1) is 44.3. The van der Waals surface area contributed by atoms with Gasteiger partial charge in [0.05, 0.1) is 117 Å². The van der Waals surface area contributed by atoms with E-state index in [9.17, 15) is 28.8 Å². The number of hydrogen-bond acceptors (Lipinski definition) is 20. The van der Waals surface area contributed by atoms with E-state index in [1.165, 1.54) is 18.2 Å². The Bertz CT molecular complexity index is 3320. The van der Waals surface area contributed by atoms with Crippen LogP contribution in [-0.2, 0) is 67.2 Å². The molecule has 25 nitrogen and oxygen atoms in total. The molecule has 2 saturated heterocycles. The van der Waals surface area contributed by atoms with Gasteiger partial charge < -0.3 is 62.3 Å². The Balaban J connectivity index is 0.717. The number of nitrogens with zero attached hydrogens (tertiary/aromatic N) is 5. The van der Waals surface area contributed by atoms with E-state index in [0.29, 0.717) is 99.0 Å². The maximum Gasteiger partial charge on any atom is 0.329 e. The van der Waals surface area contributed by atoms with Gasteiger partial charge in [-0.2, -0.15) is 0 Å². The van der Waals surface area contributed by atoms with Crippen molar-refractivity contribution in [3.63, 3.8) is 0 Å². The molecule has 2 N–H and O–H groups in total. The predicted molar refractivity (Wildman–Crippen MR) is 327 cm³/mol. The van der Waals surface area contributed by atoms with Crippen molar-refractivity contribution in [3.8, 4) is 34.5 Å². The summed E-state index contributed by atoms with van der Waals surface area (Å²) in [6.45, 7) is 2.50. The molecular formula is C66H81N7O18. The molecule has 6 amide bonds. The van der Waals surface area contributed by atoms with Gasteiger partial charge in [0.25, 0.3) is 11.8 Å². The summed E-state index contributed by atoms with van der Waals surface area (Å²) in [4.78, 5) is 95.8. The minimum absolute atomic E-state index is 0.00965. The van der Waals surface area contributed by atoms with E-state index in [-0.39, 0.29) is 74.5 Å². The van der Waals surface area contributed by atoms with Crippen LogP contribution in [0.2, 0.25) is 0 Å². The molecule has 488 valence electrons. The third-order valence-corrected chi connectivity index (χ3v) is 16.7. The average Bonchev–Trinajstić information content (AvgIpc) is 1.67. The highest BCUT2D eigenvalue weighted by Gasteiger charge is 2.46. The highest BCUT2D eigenvalue weighted by Crippen LogP contribution is 2.45. The molecule has 4 aliphatic rings. The molecule has 0 spiro atoms. The molecule has 9 rings (SSSR count). The Morgan fingerprint density at radius 1 is 0.681 bits per heavy atom. The Hall–Kier alpha value is -8.65. The van der Waals surface area contributed by atoms with E-state index in [1.54, 1.807) is 51.3 Å². The third kappa shape index (κ3) is 17.0. The molecule has 0 radical (unpaired) electrons. The number of likely N-dealkylation sites (tertiary alicyclic amines) is 1. The summed E-state index contributed by atoms with van der Waals surface area (Å²) in [5, 5.41) is 13.3. The molecule has 1 unspecified atom stereocenters. The minimum atomic E-state index is -1.13. The Morgan fingerprint density at radius 2 is 1.37 bits per heavy atom. The number of benzene rings is 4. The van der Waals surface area contributed by atoms with Crippen LogP contribution in [0.5, 0.6) is 34.5 Å². The van der Waals surface area contributed by atoms with Crippen molar-refractivity contribution < 1.29 is 85.7 Å². The van der Waals surface area contributed by atoms with Crippen molar-refractivity contribution in [2.45, 2.75) is 114 Å². The second-order valence-electron chi connectivity index (χ2n) is 22.5. The Labute approximate surface area is 528 Å². The summed E-state index contributed by atoms with van der Waals surface area (Å²) >= 11 is 0. The molecule has 5 aromatic rings. The Kier molecular flexibility index (Phi) is 24.1. The lowest BCUT2D eigenvalue weighted by molar-refractivity contribution is -0.163. The fraction of sp³-hybridized carbons (Fsp3) is 0.500. The SMILES string of the molecule is COc1ccc(CC[C@@H](OC(=O)[C@@H]2CCCCN2C(=O)[C@H](c2cc(OC)c(OC)c(OC)c2)C2CCCCC2)c2cccc(OCc3cn(CCOCCOCCOCCOCC(=O)Nc4cccc5c4C(=O)N(C4CCC(=O)NC4=O)C5=O)nn3)c2)cc1OC. The number of hydrogen-bond donors (Lipinski definition) is 2. The largest absolute Gasteiger partial charge is 0.493 e. The molecular weight excluding hydrogens is 1180 g/mol. The van der Waals surface area contributed by atoms with Crippen LogP contribution in [0.1, 0.15) is 126 Å². The number of aryl methyl sites for hydroxylation is 1. The zero-order valence-electron chi connectivity index (χ0n) is 52.2. The second kappa shape index (κ2) is 32.9. The molecule has 4 aromatic carbocycles. The number of esters is 1. The molecule has 25 heteroatoms. The quantitative estimate of drug-likeness (QED) is 0.0244. The van der Waals surface area contributed by atoms with Crippen LogP contribution in [-0.4, -0.2) is 173 Å². The summed E-state index contributed by atoms with van der Waals surface area (Å²) in [5.41, 5.74) is 3.15. The lowest BCUT2D eigenvalue weighted by Crippen LogP contribution is -2.54. The van der Waals surface area contributed by atoms with Crippen LogP contribution < -0.4 is 39.1 Å². The number of rotatable bonds is 33. The van der Waals surface area contributed by atoms with Crippen molar-refractivity contribution in [1.29, 1.82) is 0 Å². The molecule has 0 bridgehead atoms. The molecule has 3 aliphatic heterocycles. The van der Waals surface area contributed by atoms with E-state index < -0.39 is 59.6 Å². The highest BCUT2D eigenvalue weighted by atomic mass is 16.6. The highest BCUT2D eigenvalue weighted by molar-refractivity contribution is 6.26. The fourth-order valence-corrected chi connectivity index (χ4v) is 12.1. The van der Waals surface area contributed by atoms with Crippen LogP contribution in [0.15, 0.2) is 79.0 Å². The number of methoxy groups -OCH3 is 5. The van der Waals surface area contributed by atoms with Gasteiger partial charge in [0.15, 0.2) is 23.0 Å². The molecule has 91 heavy (non-hydrogen) atoms. The Morgan fingerprint density at radius 3 is 2.08 bits per heavy atom. The summed E-state index contributed by atoms with van der Waals surface area (Å²) in [6.07, 6.45) is 8.90. The van der Waals surface area contributed by atoms with E-state index in [4.69, 9.17) is 52.1 Å². The zero-order valence-corrected chi connectivity index (χ0v) is 52.2. The molecule has 1 aromatic heterocycles. The molecule has 1 aliphatic carbocycles. The first kappa shape index (κ1) is 66.8. The van der Waals surface area contributed by atoms with Crippen LogP contribution >= 0.6 is 0 Å². The summed E-state index contributed by atoms with van der Waals surface area (Å²) < 4.78 is 65.1. The van der Waals surface area contributed by atoms with Gasteiger partial charge in [0, 0.05) is 13.0 Å². The maximum absolute atomic E-state index is 15.2. The molecule has 1 saturated carbocycles. The number of imide groups is 2. The number of carbonyl (C=O) groups is 7. The maximum atomic E-state index is 15.2. The molecule has 4 heterocycles. The number of amides is 6. The fourth-order valence-electron chi connectivity index (χ4n) is 12.1. The van der Waals surface area contributed by atoms with Crippen molar-refractivity contribution >= 4 is 47.1 Å². The van der Waals surface area contributed by atoms with Crippen molar-refractivity contribution in [2.24, 2.45) is 5.92 Å². The number of nitrogens with one attached hydrogen (secondary N) is 2. The van der Waals surface area contributed by atoms with E-state index in [0.717, 1.165) is 66.5 Å². The molecule has 3 fully saturated rings. The van der Waals surface area contributed by atoms with E-state index >= 15 is 4.79 Å². The van der Waals surface area contributed by atoms with E-state index in [2.05, 4.69) is 20.9 Å². The first-order valence-electron chi connectivity index (χ1n) is 30.9. The van der Waals surface area contributed by atoms with Gasteiger partial charge in [-0.1, -0.05) is 48.7 Å². The zero-order chi connectivity index (χ0) is 64.2. The number of fused-ring (bicyclic) bond motifs is 1. The first-order valence-corrected chi connectivity index (χ1v) is 30.9. The summed E-state index contributed by atoms with van der Waals surface area (Å²) in [7, 11) is 7.86. The predicted octanol–water partition coefficient (Wildman–Crippen LogP) is 6.97. The van der Waals surface area contributed by atoms with Gasteiger partial charge in [0.1, 0.15) is 42.8 Å². The number of piperidine rings is 2. The lowest BCUT2D eigenvalue weighted by Gasteiger charge is -2.40. The standard InChI is InChI=1S/C66H81N7O18/c1-81-53-24-21-42(35-54(53)82-2)20-23-52(91-66(80)51-19-9-10-26-72(51)64(78)59(43-13-7-6-8-14-43)45-37-55(83-3)61(85-5)56(38-45)84-4)44-15-11-16-47(36-44)90-40-46-39-71(70-69-46)27-28-86-29-30-87-31-32-88-33-34-89-41-58(75)67-49-18-12-17-48-60(49)65(79)73(63(48)77)50-22-25-57(74)68-62(50)76/h11-12,15-18,21,24,35-39,43,50-52,59H,6-10,13-14,19-20,22-23,25-34,40-41H2,1-5H3,(H,67,75)(H,68,74,76)/t50?,51-,52+,59-/m0/s1. The van der Waals surface area contributed by atoms with Crippen LogP contribution in [0.4, 0.5) is 5.69 Å². The number of ether oxygens (including phenoxy) is 11. The minimum Gasteiger partial charge on any atom is -0.493 e. The van der Waals surface area contributed by atoms with Gasteiger partial charge >= 0.3 is 5.97 Å². The van der Waals surface area contributed by atoms with Crippen molar-refractivity contribution in [1.82, 2.24) is 30.1 Å². The van der Waals surface area contributed by atoms with Gasteiger partial charge in [0.2, 0.25) is 29.4 Å². The second-order valence-corrected chi connectivity index (χ2v) is 22.5. The third-order valence-electron chi connectivity index (χ3n) is 16.7. The van der Waals surface area contributed by atoms with Crippen molar-refractivity contribution in [2.75, 3.05) is 100 Å². The van der Waals surface area contributed by atoms with Crippen LogP contribution in [0, 0.1) is 5.92 Å². The van der Waals surface area contributed by atoms with Crippen LogP contribution in [0.3, 0.4) is 0 Å². The average molecular weight is 1260 g/mol. The topological polar surface area (TPSA) is 282 Å². The number of anilines is 1. The number of carbonyl (C=O) groups excluding carboxylic acids is 7. The molecule has 4 atom stereocenters. The van der Waals surface area contributed by atoms with Gasteiger partial charge in [-0.25, -0.2) is 9.48 Å². The normalized spacial score (nSPS) is 17.4. The van der Waals surface area contributed by atoms with Crippen LogP contribution in [0.25, 0.3) is 0 Å². The van der Waals surface area contributed by atoms with Gasteiger partial charge in [-0.3, -0.25) is 39.0 Å². The summed E-state index contributed by atoms with van der Waals surface area (Å²) in [5.74, 6) is -1.13. The lowest BCUT2D eigenvalue weighted by atomic mass is 9.75.